The van der Waals surface area contributed by atoms with Crippen LogP contribution in [0.3, 0.4) is 0 Å². The maximum atomic E-state index is 13.0. The first-order valence-corrected chi connectivity index (χ1v) is 12.6. The second-order valence-corrected chi connectivity index (χ2v) is 10.0. The number of benzene rings is 1. The Hall–Kier alpha value is -2.28. The van der Waals surface area contributed by atoms with Crippen molar-refractivity contribution < 1.29 is 28.5 Å². The summed E-state index contributed by atoms with van der Waals surface area (Å²) in [4.78, 5) is 27.4. The summed E-state index contributed by atoms with van der Waals surface area (Å²) in [7, 11) is 3.19. The van der Waals surface area contributed by atoms with Gasteiger partial charge in [-0.2, -0.15) is 0 Å². The second-order valence-electron chi connectivity index (χ2n) is 10.0. The molecule has 2 fully saturated rings. The lowest BCUT2D eigenvalue weighted by Crippen LogP contribution is -2.44. The fourth-order valence-electron chi connectivity index (χ4n) is 5.28. The standard InChI is InChI=1S/C27H41NO6/c1-18(2)21-10-8-19(3)15-24(21)34-17-26(29)28-13-6-7-22(28)27(30)33-14-12-20-9-11-23(31-4)25(16-20)32-5/h9,11,16,18-19,21-22,24H,6-8,10,12-15,17H2,1-5H3/t19-,21+,22-,24-/m0/s1. The summed E-state index contributed by atoms with van der Waals surface area (Å²) in [6, 6.07) is 5.12. The molecule has 1 amide bonds. The molecule has 0 unspecified atom stereocenters. The first kappa shape index (κ1) is 26.3. The van der Waals surface area contributed by atoms with Crippen molar-refractivity contribution >= 4 is 11.9 Å². The smallest absolute Gasteiger partial charge is 0.328 e. The van der Waals surface area contributed by atoms with Gasteiger partial charge in [-0.05, 0) is 61.1 Å². The fraction of sp³-hybridized carbons (Fsp3) is 0.704. The maximum Gasteiger partial charge on any atom is 0.328 e. The number of carbonyl (C=O) groups is 2. The van der Waals surface area contributed by atoms with E-state index in [-0.39, 0.29) is 31.2 Å². The first-order valence-electron chi connectivity index (χ1n) is 12.6. The lowest BCUT2D eigenvalue weighted by molar-refractivity contribution is -0.156. The van der Waals surface area contributed by atoms with Gasteiger partial charge >= 0.3 is 5.97 Å². The van der Waals surface area contributed by atoms with Gasteiger partial charge in [0.1, 0.15) is 12.6 Å². The Morgan fingerprint density at radius 3 is 2.56 bits per heavy atom. The summed E-state index contributed by atoms with van der Waals surface area (Å²) in [5, 5.41) is 0. The van der Waals surface area contributed by atoms with Gasteiger partial charge in [0.05, 0.1) is 26.9 Å². The third kappa shape index (κ3) is 6.65. The van der Waals surface area contributed by atoms with Crippen molar-refractivity contribution in [2.24, 2.45) is 17.8 Å². The molecule has 1 aliphatic heterocycles. The molecule has 7 heteroatoms. The second kappa shape index (κ2) is 12.4. The van der Waals surface area contributed by atoms with E-state index in [2.05, 4.69) is 20.8 Å². The molecular weight excluding hydrogens is 434 g/mol. The van der Waals surface area contributed by atoms with Crippen LogP contribution in [-0.4, -0.2) is 62.9 Å². The largest absolute Gasteiger partial charge is 0.493 e. The molecule has 1 aromatic carbocycles. The van der Waals surface area contributed by atoms with E-state index in [0.717, 1.165) is 24.8 Å². The molecule has 4 atom stereocenters. The number of ether oxygens (including phenoxy) is 4. The number of amides is 1. The highest BCUT2D eigenvalue weighted by atomic mass is 16.5. The van der Waals surface area contributed by atoms with Gasteiger partial charge in [-0.25, -0.2) is 4.79 Å². The van der Waals surface area contributed by atoms with Gasteiger partial charge < -0.3 is 23.8 Å². The van der Waals surface area contributed by atoms with Crippen LogP contribution < -0.4 is 9.47 Å². The third-order valence-electron chi connectivity index (χ3n) is 7.31. The van der Waals surface area contributed by atoms with E-state index in [4.69, 9.17) is 18.9 Å². The van der Waals surface area contributed by atoms with Gasteiger partial charge in [0.2, 0.25) is 5.91 Å². The Bertz CT molecular complexity index is 825. The van der Waals surface area contributed by atoms with Crippen LogP contribution in [0.15, 0.2) is 18.2 Å². The molecule has 190 valence electrons. The molecule has 3 rings (SSSR count). The van der Waals surface area contributed by atoms with Crippen molar-refractivity contribution in [2.75, 3.05) is 34.0 Å². The Morgan fingerprint density at radius 2 is 1.85 bits per heavy atom. The van der Waals surface area contributed by atoms with Crippen molar-refractivity contribution in [3.8, 4) is 11.5 Å². The van der Waals surface area contributed by atoms with E-state index in [1.54, 1.807) is 19.1 Å². The molecule has 0 radical (unpaired) electrons. The summed E-state index contributed by atoms with van der Waals surface area (Å²) in [6.07, 6.45) is 5.48. The molecule has 1 saturated carbocycles. The molecule has 0 bridgehead atoms. The van der Waals surface area contributed by atoms with Gasteiger partial charge in [0.15, 0.2) is 11.5 Å². The van der Waals surface area contributed by atoms with Crippen LogP contribution >= 0.6 is 0 Å². The molecule has 0 aromatic heterocycles. The van der Waals surface area contributed by atoms with Crippen LogP contribution in [0.25, 0.3) is 0 Å². The molecule has 34 heavy (non-hydrogen) atoms. The van der Waals surface area contributed by atoms with Crippen LogP contribution in [0.5, 0.6) is 11.5 Å². The van der Waals surface area contributed by atoms with Gasteiger partial charge in [0.25, 0.3) is 0 Å². The minimum atomic E-state index is -0.521. The summed E-state index contributed by atoms with van der Waals surface area (Å²) in [5.41, 5.74) is 0.986. The number of hydrogen-bond acceptors (Lipinski definition) is 6. The normalized spacial score (nSPS) is 24.8. The van der Waals surface area contributed by atoms with Crippen LogP contribution in [0.2, 0.25) is 0 Å². The molecule has 0 N–H and O–H groups in total. The highest BCUT2D eigenvalue weighted by Crippen LogP contribution is 2.35. The van der Waals surface area contributed by atoms with E-state index in [1.165, 1.54) is 6.42 Å². The number of hydrogen-bond donors (Lipinski definition) is 0. The van der Waals surface area contributed by atoms with Crippen molar-refractivity contribution in [2.45, 2.75) is 71.4 Å². The number of methoxy groups -OCH3 is 2. The zero-order chi connectivity index (χ0) is 24.7. The summed E-state index contributed by atoms with van der Waals surface area (Å²) in [6.45, 7) is 7.58. The van der Waals surface area contributed by atoms with Gasteiger partial charge in [-0.15, -0.1) is 0 Å². The van der Waals surface area contributed by atoms with Gasteiger partial charge in [-0.3, -0.25) is 4.79 Å². The SMILES string of the molecule is COc1ccc(CCOC(=O)[C@@H]2CCCN2C(=O)CO[C@H]2C[C@@H](C)CC[C@@H]2C(C)C)cc1OC. The highest BCUT2D eigenvalue weighted by molar-refractivity contribution is 5.85. The van der Waals surface area contributed by atoms with Crippen LogP contribution in [0, 0.1) is 17.8 Å². The van der Waals surface area contributed by atoms with Crippen molar-refractivity contribution in [1.82, 2.24) is 4.90 Å². The zero-order valence-corrected chi connectivity index (χ0v) is 21.4. The summed E-state index contributed by atoms with van der Waals surface area (Å²) < 4.78 is 22.3. The predicted molar refractivity (Wildman–Crippen MR) is 130 cm³/mol. The lowest BCUT2D eigenvalue weighted by Gasteiger charge is -2.37. The van der Waals surface area contributed by atoms with Crippen LogP contribution in [0.4, 0.5) is 0 Å². The van der Waals surface area contributed by atoms with E-state index in [1.807, 2.05) is 18.2 Å². The number of esters is 1. The van der Waals surface area contributed by atoms with Crippen molar-refractivity contribution in [3.05, 3.63) is 23.8 Å². The average molecular weight is 476 g/mol. The molecule has 1 heterocycles. The number of likely N-dealkylation sites (tertiary alicyclic amines) is 1. The minimum absolute atomic E-state index is 0.0377. The van der Waals surface area contributed by atoms with E-state index in [9.17, 15) is 9.59 Å². The van der Waals surface area contributed by atoms with E-state index < -0.39 is 6.04 Å². The summed E-state index contributed by atoms with van der Waals surface area (Å²) in [5.74, 6) is 2.50. The maximum absolute atomic E-state index is 13.0. The average Bonchev–Trinajstić information content (AvgIpc) is 3.32. The number of rotatable bonds is 10. The van der Waals surface area contributed by atoms with Gasteiger partial charge in [0, 0.05) is 13.0 Å². The lowest BCUT2D eigenvalue weighted by atomic mass is 9.75. The quantitative estimate of drug-likeness (QED) is 0.471. The van der Waals surface area contributed by atoms with Gasteiger partial charge in [-0.1, -0.05) is 33.3 Å². The Kier molecular flexibility index (Phi) is 9.63. The third-order valence-corrected chi connectivity index (χ3v) is 7.31. The monoisotopic (exact) mass is 475 g/mol. The first-order chi connectivity index (χ1) is 16.3. The molecule has 1 aromatic rings. The Labute approximate surface area is 204 Å². The highest BCUT2D eigenvalue weighted by Gasteiger charge is 2.37. The van der Waals surface area contributed by atoms with Crippen LogP contribution in [0.1, 0.15) is 58.4 Å². The molecule has 7 nitrogen and oxygen atoms in total. The molecule has 2 aliphatic rings. The molecule has 0 spiro atoms. The molecule has 1 saturated heterocycles. The Balaban J connectivity index is 1.49. The minimum Gasteiger partial charge on any atom is -0.493 e. The topological polar surface area (TPSA) is 74.3 Å². The Morgan fingerprint density at radius 1 is 1.09 bits per heavy atom. The van der Waals surface area contributed by atoms with Crippen molar-refractivity contribution in [3.63, 3.8) is 0 Å². The number of carbonyl (C=O) groups excluding carboxylic acids is 2. The number of nitrogens with zero attached hydrogens (tertiary/aromatic N) is 1. The van der Waals surface area contributed by atoms with E-state index in [0.29, 0.717) is 48.6 Å². The fourth-order valence-corrected chi connectivity index (χ4v) is 5.28. The molecular formula is C27H41NO6. The molecule has 1 aliphatic carbocycles. The van der Waals surface area contributed by atoms with E-state index >= 15 is 0 Å². The summed E-state index contributed by atoms with van der Waals surface area (Å²) >= 11 is 0. The predicted octanol–water partition coefficient (Wildman–Crippen LogP) is 4.26. The zero-order valence-electron chi connectivity index (χ0n) is 21.4. The van der Waals surface area contributed by atoms with Crippen LogP contribution in [-0.2, 0) is 25.5 Å². The van der Waals surface area contributed by atoms with Crippen molar-refractivity contribution in [1.29, 1.82) is 0 Å².